The summed E-state index contributed by atoms with van der Waals surface area (Å²) in [7, 11) is 1.28. The third-order valence-electron chi connectivity index (χ3n) is 3.78. The van der Waals surface area contributed by atoms with E-state index in [1.807, 2.05) is 0 Å². The molecular formula is C18H19F4N7O. The van der Waals surface area contributed by atoms with Gasteiger partial charge in [-0.15, -0.1) is 0 Å². The smallest absolute Gasteiger partial charge is 0.309 e. The summed E-state index contributed by atoms with van der Waals surface area (Å²) >= 11 is 0. The number of benzene rings is 1. The van der Waals surface area contributed by atoms with Crippen molar-refractivity contribution in [2.24, 2.45) is 12.0 Å². The van der Waals surface area contributed by atoms with E-state index in [0.717, 1.165) is 10.9 Å². The minimum atomic E-state index is -4.80. The van der Waals surface area contributed by atoms with E-state index in [9.17, 15) is 22.4 Å². The van der Waals surface area contributed by atoms with Crippen LogP contribution in [0.1, 0.15) is 36.8 Å². The van der Waals surface area contributed by atoms with Crippen LogP contribution in [0.3, 0.4) is 0 Å². The number of guanidine groups is 1. The van der Waals surface area contributed by atoms with Crippen molar-refractivity contribution in [3.8, 4) is 0 Å². The SMILES string of the molecule is Cn1cc(C(=O)NC(=NC(C)(C)C)Nc2n[nH]c3cc(F)ccc23)c(C(F)(F)F)n1. The number of H-pyrrole nitrogens is 1. The minimum absolute atomic E-state index is 0.123. The Morgan fingerprint density at radius 1 is 1.23 bits per heavy atom. The zero-order valence-corrected chi connectivity index (χ0v) is 16.5. The maximum atomic E-state index is 13.4. The van der Waals surface area contributed by atoms with Gasteiger partial charge in [-0.05, 0) is 39.0 Å². The molecule has 8 nitrogen and oxygen atoms in total. The van der Waals surface area contributed by atoms with Gasteiger partial charge in [-0.2, -0.15) is 23.4 Å². The van der Waals surface area contributed by atoms with Crippen LogP contribution >= 0.6 is 0 Å². The zero-order valence-electron chi connectivity index (χ0n) is 16.5. The normalized spacial score (nSPS) is 13.0. The first-order valence-electron chi connectivity index (χ1n) is 8.76. The first kappa shape index (κ1) is 21.3. The van der Waals surface area contributed by atoms with Crippen molar-refractivity contribution in [3.63, 3.8) is 0 Å². The average Bonchev–Trinajstić information content (AvgIpc) is 3.16. The summed E-state index contributed by atoms with van der Waals surface area (Å²) in [5, 5.41) is 15.6. The van der Waals surface area contributed by atoms with Crippen LogP contribution < -0.4 is 10.6 Å². The topological polar surface area (TPSA) is 100.0 Å². The molecule has 0 aliphatic rings. The lowest BCUT2D eigenvalue weighted by Crippen LogP contribution is -2.38. The maximum absolute atomic E-state index is 13.4. The number of hydrogen-bond acceptors (Lipinski definition) is 4. The largest absolute Gasteiger partial charge is 0.435 e. The molecule has 0 fully saturated rings. The Balaban J connectivity index is 1.94. The highest BCUT2D eigenvalue weighted by molar-refractivity contribution is 6.12. The zero-order chi connectivity index (χ0) is 22.3. The van der Waals surface area contributed by atoms with Crippen molar-refractivity contribution in [2.75, 3.05) is 5.32 Å². The van der Waals surface area contributed by atoms with Crippen molar-refractivity contribution >= 4 is 28.6 Å². The molecule has 0 saturated carbocycles. The molecule has 0 unspecified atom stereocenters. The highest BCUT2D eigenvalue weighted by Gasteiger charge is 2.39. The Kier molecular flexibility index (Phi) is 5.27. The van der Waals surface area contributed by atoms with Crippen molar-refractivity contribution in [3.05, 3.63) is 41.5 Å². The molecular weight excluding hydrogens is 406 g/mol. The van der Waals surface area contributed by atoms with Crippen LogP contribution in [0.2, 0.25) is 0 Å². The number of hydrogen-bond donors (Lipinski definition) is 3. The van der Waals surface area contributed by atoms with Crippen LogP contribution in [0, 0.1) is 5.82 Å². The summed E-state index contributed by atoms with van der Waals surface area (Å²) in [5.74, 6) is -1.42. The molecule has 3 rings (SSSR count). The molecule has 0 saturated heterocycles. The van der Waals surface area contributed by atoms with Crippen molar-refractivity contribution < 1.29 is 22.4 Å². The molecule has 12 heteroatoms. The second kappa shape index (κ2) is 7.43. The minimum Gasteiger partial charge on any atom is -0.309 e. The Bertz CT molecular complexity index is 1120. The average molecular weight is 425 g/mol. The molecule has 1 amide bonds. The molecule has 0 radical (unpaired) electrons. The van der Waals surface area contributed by atoms with E-state index < -0.39 is 34.7 Å². The van der Waals surface area contributed by atoms with Gasteiger partial charge in [0, 0.05) is 18.6 Å². The molecule has 3 aromatic rings. The van der Waals surface area contributed by atoms with Crippen molar-refractivity contribution in [1.29, 1.82) is 0 Å². The molecule has 0 aliphatic carbocycles. The van der Waals surface area contributed by atoms with Gasteiger partial charge in [0.25, 0.3) is 5.91 Å². The molecule has 160 valence electrons. The number of carbonyl (C=O) groups excluding carboxylic acids is 1. The Morgan fingerprint density at radius 3 is 2.57 bits per heavy atom. The molecule has 0 bridgehead atoms. The van der Waals surface area contributed by atoms with Crippen LogP contribution in [0.25, 0.3) is 10.9 Å². The van der Waals surface area contributed by atoms with Crippen molar-refractivity contribution in [2.45, 2.75) is 32.5 Å². The molecule has 0 aliphatic heterocycles. The Morgan fingerprint density at radius 2 is 1.93 bits per heavy atom. The summed E-state index contributed by atoms with van der Waals surface area (Å²) < 4.78 is 53.9. The lowest BCUT2D eigenvalue weighted by molar-refractivity contribution is -0.141. The number of anilines is 1. The lowest BCUT2D eigenvalue weighted by atomic mass is 10.1. The van der Waals surface area contributed by atoms with Crippen LogP contribution in [0.4, 0.5) is 23.4 Å². The maximum Gasteiger partial charge on any atom is 0.435 e. The number of nitrogens with zero attached hydrogens (tertiary/aromatic N) is 4. The van der Waals surface area contributed by atoms with Crippen LogP contribution in [0.15, 0.2) is 29.4 Å². The van der Waals surface area contributed by atoms with Gasteiger partial charge in [0.1, 0.15) is 5.82 Å². The number of alkyl halides is 3. The fourth-order valence-corrected chi connectivity index (χ4v) is 2.66. The molecule has 30 heavy (non-hydrogen) atoms. The fourth-order valence-electron chi connectivity index (χ4n) is 2.66. The molecule has 0 atom stereocenters. The molecule has 2 aromatic heterocycles. The van der Waals surface area contributed by atoms with E-state index in [-0.39, 0.29) is 11.8 Å². The van der Waals surface area contributed by atoms with Crippen LogP contribution in [0.5, 0.6) is 0 Å². The van der Waals surface area contributed by atoms with Gasteiger partial charge in [-0.1, -0.05) is 0 Å². The number of aryl methyl sites for hydroxylation is 1. The van der Waals surface area contributed by atoms with Gasteiger partial charge in [0.2, 0.25) is 5.96 Å². The number of rotatable bonds is 2. The second-order valence-electron chi connectivity index (χ2n) is 7.54. The quantitative estimate of drug-likeness (QED) is 0.333. The van der Waals surface area contributed by atoms with Gasteiger partial charge < -0.3 is 5.32 Å². The number of carbonyl (C=O) groups is 1. The van der Waals surface area contributed by atoms with Gasteiger partial charge in [-0.25, -0.2) is 9.38 Å². The highest BCUT2D eigenvalue weighted by atomic mass is 19.4. The number of nitrogens with one attached hydrogen (secondary N) is 3. The van der Waals surface area contributed by atoms with Gasteiger partial charge in [0.15, 0.2) is 11.5 Å². The Hall–Kier alpha value is -3.44. The fraction of sp³-hybridized carbons (Fsp3) is 0.333. The first-order chi connectivity index (χ1) is 13.8. The predicted octanol–water partition coefficient (Wildman–Crippen LogP) is 3.45. The van der Waals surface area contributed by atoms with Crippen LogP contribution in [-0.4, -0.2) is 37.4 Å². The molecule has 3 N–H and O–H groups in total. The van der Waals surface area contributed by atoms with Crippen LogP contribution in [-0.2, 0) is 13.2 Å². The van der Waals surface area contributed by atoms with E-state index in [1.165, 1.54) is 25.2 Å². The predicted molar refractivity (Wildman–Crippen MR) is 103 cm³/mol. The number of amides is 1. The molecule has 0 spiro atoms. The summed E-state index contributed by atoms with van der Waals surface area (Å²) in [6, 6.07) is 3.93. The molecule has 2 heterocycles. The highest BCUT2D eigenvalue weighted by Crippen LogP contribution is 2.30. The van der Waals surface area contributed by atoms with Gasteiger partial charge >= 0.3 is 6.18 Å². The number of aliphatic imine (C=N–C) groups is 1. The summed E-state index contributed by atoms with van der Waals surface area (Å²) in [5.41, 5.74) is -2.25. The monoisotopic (exact) mass is 425 g/mol. The number of fused-ring (bicyclic) bond motifs is 1. The first-order valence-corrected chi connectivity index (χ1v) is 8.76. The second-order valence-corrected chi connectivity index (χ2v) is 7.54. The van der Waals surface area contributed by atoms with E-state index in [2.05, 4.69) is 30.9 Å². The number of halogens is 4. The van der Waals surface area contributed by atoms with Gasteiger partial charge in [-0.3, -0.25) is 19.9 Å². The van der Waals surface area contributed by atoms with Gasteiger partial charge in [0.05, 0.1) is 16.6 Å². The third-order valence-corrected chi connectivity index (χ3v) is 3.78. The van der Waals surface area contributed by atoms with E-state index in [1.54, 1.807) is 20.8 Å². The lowest BCUT2D eigenvalue weighted by Gasteiger charge is -2.17. The standard InChI is InChI=1S/C18H19F4N7O/c1-17(2,3)25-16(23-14-10-6-5-9(19)7-12(10)26-27-14)24-15(30)11-8-29(4)28-13(11)18(20,21)22/h5-8H,1-4H3,(H3,23,24,25,26,27,30). The summed E-state index contributed by atoms with van der Waals surface area (Å²) in [6.07, 6.45) is -3.83. The number of aromatic amines is 1. The number of aromatic nitrogens is 4. The van der Waals surface area contributed by atoms with Crippen molar-refractivity contribution in [1.82, 2.24) is 25.3 Å². The summed E-state index contributed by atoms with van der Waals surface area (Å²) in [6.45, 7) is 5.22. The Labute approximate surface area is 168 Å². The van der Waals surface area contributed by atoms with E-state index in [0.29, 0.717) is 10.9 Å². The molecule has 1 aromatic carbocycles. The van der Waals surface area contributed by atoms with E-state index in [4.69, 9.17) is 0 Å². The third kappa shape index (κ3) is 4.75. The summed E-state index contributed by atoms with van der Waals surface area (Å²) in [4.78, 5) is 16.9. The van der Waals surface area contributed by atoms with E-state index >= 15 is 0 Å².